The fourth-order valence-electron chi connectivity index (χ4n) is 1.49. The predicted octanol–water partition coefficient (Wildman–Crippen LogP) is 0.753. The van der Waals surface area contributed by atoms with E-state index in [4.69, 9.17) is 10.5 Å². The van der Waals surface area contributed by atoms with Crippen LogP contribution in [0, 0.1) is 0 Å². The zero-order valence-electron chi connectivity index (χ0n) is 9.58. The Hall–Kier alpha value is -0.610. The van der Waals surface area contributed by atoms with Crippen molar-refractivity contribution in [2.75, 3.05) is 26.7 Å². The van der Waals surface area contributed by atoms with E-state index in [2.05, 4.69) is 0 Å². The van der Waals surface area contributed by atoms with Crippen molar-refractivity contribution in [1.82, 2.24) is 4.90 Å². The van der Waals surface area contributed by atoms with Crippen molar-refractivity contribution >= 4 is 5.91 Å². The largest absolute Gasteiger partial charge is 0.378 e. The minimum atomic E-state index is 0.155. The lowest BCUT2D eigenvalue weighted by Gasteiger charge is -2.25. The number of carbonyl (C=O) groups excluding carboxylic acids is 1. The fraction of sp³-hybridized carbons (Fsp3) is 0.909. The molecule has 0 radical (unpaired) electrons. The van der Waals surface area contributed by atoms with Crippen LogP contribution in [0.4, 0.5) is 0 Å². The van der Waals surface area contributed by atoms with Crippen LogP contribution in [0.1, 0.15) is 32.1 Å². The van der Waals surface area contributed by atoms with E-state index in [1.165, 1.54) is 6.42 Å². The number of rotatable bonds is 7. The van der Waals surface area contributed by atoms with Crippen molar-refractivity contribution in [1.29, 1.82) is 0 Å². The van der Waals surface area contributed by atoms with Gasteiger partial charge in [-0.15, -0.1) is 0 Å². The Bertz CT molecular complexity index is 193. The van der Waals surface area contributed by atoms with Crippen LogP contribution in [0.25, 0.3) is 0 Å². The van der Waals surface area contributed by atoms with Gasteiger partial charge in [-0.05, 0) is 32.2 Å². The number of carbonyl (C=O) groups is 1. The van der Waals surface area contributed by atoms with E-state index < -0.39 is 0 Å². The molecule has 0 bridgehead atoms. The number of nitrogens with two attached hydrogens (primary N) is 1. The topological polar surface area (TPSA) is 55.6 Å². The Morgan fingerprint density at radius 1 is 1.53 bits per heavy atom. The first-order chi connectivity index (χ1) is 7.24. The average Bonchev–Trinajstić information content (AvgIpc) is 2.17. The molecule has 1 fully saturated rings. The Labute approximate surface area is 91.8 Å². The van der Waals surface area contributed by atoms with Crippen LogP contribution in [0.5, 0.6) is 0 Å². The van der Waals surface area contributed by atoms with Crippen LogP contribution in [-0.2, 0) is 9.53 Å². The van der Waals surface area contributed by atoms with E-state index in [0.29, 0.717) is 25.7 Å². The van der Waals surface area contributed by atoms with Gasteiger partial charge in [0.25, 0.3) is 0 Å². The molecular weight excluding hydrogens is 192 g/mol. The van der Waals surface area contributed by atoms with Gasteiger partial charge in [-0.3, -0.25) is 4.79 Å². The number of nitrogens with zero attached hydrogens (tertiary/aromatic N) is 1. The second-order valence-corrected chi connectivity index (χ2v) is 4.13. The molecule has 0 aromatic heterocycles. The van der Waals surface area contributed by atoms with Crippen LogP contribution >= 0.6 is 0 Å². The van der Waals surface area contributed by atoms with Crippen LogP contribution < -0.4 is 5.73 Å². The van der Waals surface area contributed by atoms with Gasteiger partial charge in [-0.2, -0.15) is 0 Å². The summed E-state index contributed by atoms with van der Waals surface area (Å²) in [4.78, 5) is 13.3. The second kappa shape index (κ2) is 6.80. The zero-order chi connectivity index (χ0) is 11.1. The minimum Gasteiger partial charge on any atom is -0.378 e. The number of ether oxygens (including phenoxy) is 1. The van der Waals surface area contributed by atoms with Crippen LogP contribution in [0.2, 0.25) is 0 Å². The van der Waals surface area contributed by atoms with Crippen LogP contribution in [0.15, 0.2) is 0 Å². The van der Waals surface area contributed by atoms with E-state index in [1.54, 1.807) is 4.90 Å². The molecule has 15 heavy (non-hydrogen) atoms. The van der Waals surface area contributed by atoms with Gasteiger partial charge in [0.15, 0.2) is 0 Å². The number of amides is 1. The maximum Gasteiger partial charge on any atom is 0.224 e. The van der Waals surface area contributed by atoms with Gasteiger partial charge in [0.1, 0.15) is 0 Å². The molecule has 1 aliphatic carbocycles. The summed E-state index contributed by atoms with van der Waals surface area (Å²) in [6.45, 7) is 1.95. The lowest BCUT2D eigenvalue weighted by atomic mass is 9.96. The smallest absolute Gasteiger partial charge is 0.224 e. The quantitative estimate of drug-likeness (QED) is 0.680. The Morgan fingerprint density at radius 2 is 2.27 bits per heavy atom. The lowest BCUT2D eigenvalue weighted by molar-refractivity contribution is -0.132. The highest BCUT2D eigenvalue weighted by atomic mass is 16.5. The number of hydrogen-bond acceptors (Lipinski definition) is 3. The predicted molar refractivity (Wildman–Crippen MR) is 59.5 cm³/mol. The molecule has 1 amide bonds. The summed E-state index contributed by atoms with van der Waals surface area (Å²) in [5.74, 6) is 0.155. The van der Waals surface area contributed by atoms with Gasteiger partial charge in [0.05, 0.1) is 19.1 Å². The molecule has 1 saturated carbocycles. The highest BCUT2D eigenvalue weighted by molar-refractivity contribution is 5.75. The third kappa shape index (κ3) is 4.62. The van der Waals surface area contributed by atoms with E-state index in [0.717, 1.165) is 25.8 Å². The maximum absolute atomic E-state index is 11.5. The summed E-state index contributed by atoms with van der Waals surface area (Å²) >= 11 is 0. The summed E-state index contributed by atoms with van der Waals surface area (Å²) in [6, 6.07) is 0. The fourth-order valence-corrected chi connectivity index (χ4v) is 1.49. The van der Waals surface area contributed by atoms with Crippen LogP contribution in [0.3, 0.4) is 0 Å². The molecule has 0 unspecified atom stereocenters. The van der Waals surface area contributed by atoms with Crippen LogP contribution in [-0.4, -0.2) is 43.7 Å². The van der Waals surface area contributed by atoms with Gasteiger partial charge >= 0.3 is 0 Å². The summed E-state index contributed by atoms with van der Waals surface area (Å²) in [6.07, 6.45) is 5.39. The highest BCUT2D eigenvalue weighted by Crippen LogP contribution is 2.21. The van der Waals surface area contributed by atoms with Crippen molar-refractivity contribution in [3.05, 3.63) is 0 Å². The standard InChI is InChI=1S/C11H22N2O2/c1-13(8-3-7-12)11(14)6-9-15-10-4-2-5-10/h10H,2-9,12H2,1H3. The third-order valence-electron chi connectivity index (χ3n) is 2.85. The molecule has 0 spiro atoms. The molecular formula is C11H22N2O2. The van der Waals surface area contributed by atoms with E-state index >= 15 is 0 Å². The van der Waals surface area contributed by atoms with Gasteiger partial charge in [-0.1, -0.05) is 0 Å². The Balaban J connectivity index is 2.00. The molecule has 2 N–H and O–H groups in total. The monoisotopic (exact) mass is 214 g/mol. The van der Waals surface area contributed by atoms with Crippen molar-refractivity contribution in [2.24, 2.45) is 5.73 Å². The average molecular weight is 214 g/mol. The van der Waals surface area contributed by atoms with Crippen molar-refractivity contribution in [3.8, 4) is 0 Å². The molecule has 0 aliphatic heterocycles. The number of hydrogen-bond donors (Lipinski definition) is 1. The molecule has 4 heteroatoms. The first-order valence-electron chi connectivity index (χ1n) is 5.79. The molecule has 0 aromatic rings. The molecule has 88 valence electrons. The van der Waals surface area contributed by atoms with E-state index in [9.17, 15) is 4.79 Å². The molecule has 0 saturated heterocycles. The lowest BCUT2D eigenvalue weighted by Crippen LogP contribution is -2.31. The molecule has 4 nitrogen and oxygen atoms in total. The summed E-state index contributed by atoms with van der Waals surface area (Å²) < 4.78 is 5.53. The van der Waals surface area contributed by atoms with E-state index in [-0.39, 0.29) is 5.91 Å². The molecule has 1 aliphatic rings. The molecule has 0 aromatic carbocycles. The van der Waals surface area contributed by atoms with Gasteiger partial charge in [0.2, 0.25) is 5.91 Å². The second-order valence-electron chi connectivity index (χ2n) is 4.13. The first kappa shape index (κ1) is 12.5. The Morgan fingerprint density at radius 3 is 2.80 bits per heavy atom. The zero-order valence-corrected chi connectivity index (χ0v) is 9.58. The van der Waals surface area contributed by atoms with Crippen molar-refractivity contribution in [3.63, 3.8) is 0 Å². The van der Waals surface area contributed by atoms with Gasteiger partial charge in [-0.25, -0.2) is 0 Å². The van der Waals surface area contributed by atoms with Gasteiger partial charge < -0.3 is 15.4 Å². The Kier molecular flexibility index (Phi) is 5.65. The first-order valence-corrected chi connectivity index (χ1v) is 5.79. The summed E-state index contributed by atoms with van der Waals surface area (Å²) in [7, 11) is 1.82. The highest BCUT2D eigenvalue weighted by Gasteiger charge is 2.18. The minimum absolute atomic E-state index is 0.155. The summed E-state index contributed by atoms with van der Waals surface area (Å²) in [5, 5.41) is 0. The molecule has 0 heterocycles. The SMILES string of the molecule is CN(CCCN)C(=O)CCOC1CCC1. The van der Waals surface area contributed by atoms with E-state index in [1.807, 2.05) is 7.05 Å². The van der Waals surface area contributed by atoms with Gasteiger partial charge in [0, 0.05) is 13.6 Å². The normalized spacial score (nSPS) is 16.1. The molecule has 0 atom stereocenters. The summed E-state index contributed by atoms with van der Waals surface area (Å²) in [5.41, 5.74) is 5.38. The molecule has 1 rings (SSSR count). The van der Waals surface area contributed by atoms with Crippen molar-refractivity contribution < 1.29 is 9.53 Å². The van der Waals surface area contributed by atoms with Crippen molar-refractivity contribution in [2.45, 2.75) is 38.2 Å². The maximum atomic E-state index is 11.5. The third-order valence-corrected chi connectivity index (χ3v) is 2.85.